The Kier molecular flexibility index (Phi) is 7.25. The van der Waals surface area contributed by atoms with Crippen LogP contribution in [-0.4, -0.2) is 45.6 Å². The molecule has 1 aliphatic rings. The van der Waals surface area contributed by atoms with Crippen molar-refractivity contribution in [1.82, 2.24) is 5.32 Å². The van der Waals surface area contributed by atoms with Crippen LogP contribution in [-0.2, 0) is 14.6 Å². The Balaban J connectivity index is 2.12. The number of nitrogens with one attached hydrogen (secondary N) is 1. The zero-order chi connectivity index (χ0) is 19.9. The maximum Gasteiger partial charge on any atom is 0.262 e. The molecule has 0 radical (unpaired) electrons. The van der Waals surface area contributed by atoms with Crippen molar-refractivity contribution in [3.8, 4) is 17.6 Å². The number of benzene rings is 1. The summed E-state index contributed by atoms with van der Waals surface area (Å²) >= 11 is 0. The van der Waals surface area contributed by atoms with E-state index in [0.717, 1.165) is 12.8 Å². The molecule has 0 unspecified atom stereocenters. The van der Waals surface area contributed by atoms with Crippen LogP contribution in [0.3, 0.4) is 0 Å². The zero-order valence-corrected chi connectivity index (χ0v) is 16.3. The molecule has 1 aromatic rings. The van der Waals surface area contributed by atoms with Crippen LogP contribution in [0.15, 0.2) is 23.8 Å². The molecule has 1 aromatic carbocycles. The lowest BCUT2D eigenvalue weighted by Gasteiger charge is -2.12. The van der Waals surface area contributed by atoms with Crippen LogP contribution in [0.4, 0.5) is 0 Å². The summed E-state index contributed by atoms with van der Waals surface area (Å²) in [5, 5.41) is 11.9. The molecule has 1 saturated heterocycles. The third kappa shape index (κ3) is 6.00. The topological polar surface area (TPSA) is 105 Å². The summed E-state index contributed by atoms with van der Waals surface area (Å²) in [6.07, 6.45) is 3.76. The van der Waals surface area contributed by atoms with Crippen LogP contribution in [0.1, 0.15) is 31.7 Å². The van der Waals surface area contributed by atoms with Crippen molar-refractivity contribution < 1.29 is 22.7 Å². The van der Waals surface area contributed by atoms with Crippen molar-refractivity contribution >= 4 is 21.8 Å². The van der Waals surface area contributed by atoms with Gasteiger partial charge < -0.3 is 14.8 Å². The number of amides is 1. The summed E-state index contributed by atoms with van der Waals surface area (Å²) in [6, 6.07) is 6.56. The highest BCUT2D eigenvalue weighted by Gasteiger charge is 2.29. The first-order chi connectivity index (χ1) is 12.9. The van der Waals surface area contributed by atoms with Crippen LogP contribution in [0.25, 0.3) is 6.08 Å². The summed E-state index contributed by atoms with van der Waals surface area (Å²) in [5.74, 6) is 0.499. The number of hydrogen-bond acceptors (Lipinski definition) is 6. The lowest BCUT2D eigenvalue weighted by Crippen LogP contribution is -2.36. The minimum atomic E-state index is -3.10. The van der Waals surface area contributed by atoms with Gasteiger partial charge in [0.25, 0.3) is 5.91 Å². The number of rotatable bonds is 8. The van der Waals surface area contributed by atoms with E-state index in [1.54, 1.807) is 18.2 Å². The molecule has 1 aliphatic heterocycles. The number of carbonyl (C=O) groups is 1. The van der Waals surface area contributed by atoms with Crippen molar-refractivity contribution in [2.24, 2.45) is 0 Å². The predicted octanol–water partition coefficient (Wildman–Crippen LogP) is 2.08. The van der Waals surface area contributed by atoms with E-state index in [2.05, 4.69) is 12.2 Å². The van der Waals surface area contributed by atoms with Gasteiger partial charge in [-0.15, -0.1) is 0 Å². The molecule has 27 heavy (non-hydrogen) atoms. The van der Waals surface area contributed by atoms with Gasteiger partial charge in [-0.2, -0.15) is 5.26 Å². The van der Waals surface area contributed by atoms with Crippen molar-refractivity contribution in [2.75, 3.05) is 25.2 Å². The van der Waals surface area contributed by atoms with Crippen molar-refractivity contribution in [3.63, 3.8) is 0 Å². The SMILES string of the molecule is CCCCOc1ccc(/C=C(\C#N)C(=O)N[C@H]2CCS(=O)(=O)C2)cc1OC. The third-order valence-electron chi connectivity index (χ3n) is 4.19. The molecule has 0 aliphatic carbocycles. The molecule has 146 valence electrons. The minimum absolute atomic E-state index is 0.0558. The molecule has 1 fully saturated rings. The van der Waals surface area contributed by atoms with E-state index >= 15 is 0 Å². The second-order valence-corrected chi connectivity index (χ2v) is 8.58. The normalized spacial score (nSPS) is 18.6. The van der Waals surface area contributed by atoms with Gasteiger partial charge in [0.1, 0.15) is 11.6 Å². The lowest BCUT2D eigenvalue weighted by atomic mass is 10.1. The maximum absolute atomic E-state index is 12.3. The lowest BCUT2D eigenvalue weighted by molar-refractivity contribution is -0.117. The Morgan fingerprint density at radius 1 is 1.41 bits per heavy atom. The van der Waals surface area contributed by atoms with Gasteiger partial charge in [-0.1, -0.05) is 19.4 Å². The van der Waals surface area contributed by atoms with Crippen LogP contribution >= 0.6 is 0 Å². The summed E-state index contributed by atoms with van der Waals surface area (Å²) in [4.78, 5) is 12.3. The highest BCUT2D eigenvalue weighted by Crippen LogP contribution is 2.29. The second kappa shape index (κ2) is 9.42. The highest BCUT2D eigenvalue weighted by molar-refractivity contribution is 7.91. The number of nitrogens with zero attached hydrogens (tertiary/aromatic N) is 1. The number of sulfone groups is 1. The fraction of sp³-hybridized carbons (Fsp3) is 0.474. The smallest absolute Gasteiger partial charge is 0.262 e. The monoisotopic (exact) mass is 392 g/mol. The van der Waals surface area contributed by atoms with E-state index in [0.29, 0.717) is 30.1 Å². The molecular weight excluding hydrogens is 368 g/mol. The van der Waals surface area contributed by atoms with Gasteiger partial charge in [0.05, 0.1) is 25.2 Å². The van der Waals surface area contributed by atoms with Crippen molar-refractivity contribution in [3.05, 3.63) is 29.3 Å². The summed E-state index contributed by atoms with van der Waals surface area (Å²) in [6.45, 7) is 2.65. The van der Waals surface area contributed by atoms with E-state index in [1.165, 1.54) is 13.2 Å². The molecule has 0 saturated carbocycles. The number of carbonyl (C=O) groups excluding carboxylic acids is 1. The number of unbranched alkanes of at least 4 members (excludes halogenated alkanes) is 1. The molecule has 0 bridgehead atoms. The van der Waals surface area contributed by atoms with Crippen LogP contribution < -0.4 is 14.8 Å². The molecule has 1 heterocycles. The number of hydrogen-bond donors (Lipinski definition) is 1. The quantitative estimate of drug-likeness (QED) is 0.412. The fourth-order valence-electron chi connectivity index (χ4n) is 2.71. The Morgan fingerprint density at radius 3 is 2.78 bits per heavy atom. The van der Waals surface area contributed by atoms with E-state index < -0.39 is 21.8 Å². The zero-order valence-electron chi connectivity index (χ0n) is 15.5. The fourth-order valence-corrected chi connectivity index (χ4v) is 4.38. The highest BCUT2D eigenvalue weighted by atomic mass is 32.2. The summed E-state index contributed by atoms with van der Waals surface area (Å²) in [5.41, 5.74) is 0.515. The number of nitriles is 1. The van der Waals surface area contributed by atoms with E-state index in [1.807, 2.05) is 6.07 Å². The van der Waals surface area contributed by atoms with Gasteiger partial charge in [-0.05, 0) is 36.6 Å². The molecule has 0 spiro atoms. The Morgan fingerprint density at radius 2 is 2.19 bits per heavy atom. The minimum Gasteiger partial charge on any atom is -0.493 e. The molecule has 8 heteroatoms. The summed E-state index contributed by atoms with van der Waals surface area (Å²) < 4.78 is 34.0. The van der Waals surface area contributed by atoms with Gasteiger partial charge in [-0.25, -0.2) is 8.42 Å². The first kappa shape index (κ1) is 20.8. The molecule has 1 N–H and O–H groups in total. The number of ether oxygens (including phenoxy) is 2. The van der Waals surface area contributed by atoms with Gasteiger partial charge in [0, 0.05) is 6.04 Å². The molecule has 1 atom stereocenters. The molecule has 0 aromatic heterocycles. The average molecular weight is 392 g/mol. The molecular formula is C19H24N2O5S. The first-order valence-electron chi connectivity index (χ1n) is 8.82. The largest absolute Gasteiger partial charge is 0.493 e. The predicted molar refractivity (Wildman–Crippen MR) is 102 cm³/mol. The molecule has 2 rings (SSSR count). The van der Waals surface area contributed by atoms with Crippen LogP contribution in [0.5, 0.6) is 11.5 Å². The van der Waals surface area contributed by atoms with Gasteiger partial charge >= 0.3 is 0 Å². The standard InChI is InChI=1S/C19H24N2O5S/c1-3-4-8-26-17-6-5-14(11-18(17)25-2)10-15(12-20)19(22)21-16-7-9-27(23,24)13-16/h5-6,10-11,16H,3-4,7-9,13H2,1-2H3,(H,21,22)/b15-10+/t16-/m0/s1. The van der Waals surface area contributed by atoms with Gasteiger partial charge in [-0.3, -0.25) is 4.79 Å². The first-order valence-corrected chi connectivity index (χ1v) is 10.6. The Bertz CT molecular complexity index is 855. The summed E-state index contributed by atoms with van der Waals surface area (Å²) in [7, 11) is -1.58. The van der Waals surface area contributed by atoms with Crippen molar-refractivity contribution in [1.29, 1.82) is 5.26 Å². The maximum atomic E-state index is 12.3. The van der Waals surface area contributed by atoms with E-state index in [9.17, 15) is 18.5 Å². The second-order valence-electron chi connectivity index (χ2n) is 6.36. The van der Waals surface area contributed by atoms with Crippen LogP contribution in [0.2, 0.25) is 0 Å². The Labute approximate surface area is 159 Å². The van der Waals surface area contributed by atoms with Crippen molar-refractivity contribution in [2.45, 2.75) is 32.2 Å². The van der Waals surface area contributed by atoms with E-state index in [-0.39, 0.29) is 17.1 Å². The van der Waals surface area contributed by atoms with Crippen LogP contribution in [0, 0.1) is 11.3 Å². The third-order valence-corrected chi connectivity index (χ3v) is 5.95. The molecule has 1 amide bonds. The van der Waals surface area contributed by atoms with E-state index in [4.69, 9.17) is 9.47 Å². The van der Waals surface area contributed by atoms with Gasteiger partial charge in [0.15, 0.2) is 21.3 Å². The molecule has 7 nitrogen and oxygen atoms in total. The van der Waals surface area contributed by atoms with Gasteiger partial charge in [0.2, 0.25) is 0 Å². The average Bonchev–Trinajstić information content (AvgIpc) is 2.98. The Hall–Kier alpha value is -2.53. The number of methoxy groups -OCH3 is 1.